The minimum Gasteiger partial charge on any atom is -0.478 e. The number of hydrogen-bond donors (Lipinski definition) is 3. The van der Waals surface area contributed by atoms with Gasteiger partial charge in [0.25, 0.3) is 0 Å². The Kier molecular flexibility index (Phi) is 6.54. The van der Waals surface area contributed by atoms with Crippen molar-refractivity contribution in [2.45, 2.75) is 31.8 Å². The highest BCUT2D eigenvalue weighted by atomic mass is 79.9. The minimum absolute atomic E-state index is 0.00461. The van der Waals surface area contributed by atoms with Gasteiger partial charge >= 0.3 is 12.0 Å². The number of nitrogens with zero attached hydrogens (tertiary/aromatic N) is 2. The summed E-state index contributed by atoms with van der Waals surface area (Å²) in [6.07, 6.45) is 1.83. The summed E-state index contributed by atoms with van der Waals surface area (Å²) < 4.78 is 1.27. The van der Waals surface area contributed by atoms with E-state index in [2.05, 4.69) is 37.2 Å². The molecule has 2 aromatic rings. The van der Waals surface area contributed by atoms with Gasteiger partial charge in [0, 0.05) is 57.7 Å². The molecule has 1 saturated carbocycles. The number of carbonyl (C=O) groups is 4. The van der Waals surface area contributed by atoms with Gasteiger partial charge < -0.3 is 26.0 Å². The number of nitrogens with two attached hydrogens (primary N) is 1. The van der Waals surface area contributed by atoms with Crippen LogP contribution in [0.4, 0.5) is 16.2 Å². The Morgan fingerprint density at radius 1 is 1.00 bits per heavy atom. The van der Waals surface area contributed by atoms with Crippen LogP contribution in [0.3, 0.4) is 0 Å². The molecule has 5 rings (SSSR count). The highest BCUT2D eigenvalue weighted by Gasteiger charge is 2.50. The third-order valence-corrected chi connectivity index (χ3v) is 8.54. The summed E-state index contributed by atoms with van der Waals surface area (Å²) in [6.45, 7) is 1.44. The summed E-state index contributed by atoms with van der Waals surface area (Å²) in [7, 11) is 0. The Hall–Kier alpha value is -2.92. The first-order chi connectivity index (χ1) is 17.1. The molecule has 36 heavy (non-hydrogen) atoms. The second-order valence-corrected chi connectivity index (χ2v) is 11.2. The number of piperidine rings is 1. The predicted octanol–water partition coefficient (Wildman–Crippen LogP) is 4.35. The van der Waals surface area contributed by atoms with Crippen molar-refractivity contribution in [3.8, 4) is 0 Å². The van der Waals surface area contributed by atoms with Crippen molar-refractivity contribution < 1.29 is 24.3 Å². The largest absolute Gasteiger partial charge is 0.478 e. The lowest BCUT2D eigenvalue weighted by Gasteiger charge is -2.40. The molecule has 1 saturated heterocycles. The van der Waals surface area contributed by atoms with Crippen molar-refractivity contribution in [1.29, 1.82) is 0 Å². The van der Waals surface area contributed by atoms with Crippen molar-refractivity contribution in [2.75, 3.05) is 24.1 Å². The minimum atomic E-state index is -1.04. The van der Waals surface area contributed by atoms with E-state index in [1.165, 1.54) is 12.1 Å². The number of likely N-dealkylation sites (tertiary alicyclic amines) is 1. The molecule has 0 aromatic heterocycles. The summed E-state index contributed by atoms with van der Waals surface area (Å²) in [6, 6.07) is 7.84. The van der Waals surface area contributed by atoms with Crippen molar-refractivity contribution in [3.05, 3.63) is 56.0 Å². The maximum atomic E-state index is 13.1. The summed E-state index contributed by atoms with van der Waals surface area (Å²) >= 11 is 6.73. The third-order valence-electron chi connectivity index (χ3n) is 7.22. The number of anilines is 2. The molecule has 0 spiro atoms. The quantitative estimate of drug-likeness (QED) is 0.337. The smallest absolute Gasteiger partial charge is 0.335 e. The van der Waals surface area contributed by atoms with Gasteiger partial charge in [-0.05, 0) is 81.0 Å². The third kappa shape index (κ3) is 4.61. The van der Waals surface area contributed by atoms with E-state index in [1.54, 1.807) is 28.0 Å². The molecular formula is C25H24Br2N4O5. The SMILES string of the molecule is Nc1c(Br)cc(C(=O)C2CC2C(=O)N2CCC(N3Cc4ccc(C(=O)O)cc4NC3=O)CC2)cc1Br. The van der Waals surface area contributed by atoms with E-state index in [4.69, 9.17) is 5.73 Å². The maximum Gasteiger partial charge on any atom is 0.335 e. The van der Waals surface area contributed by atoms with Crippen LogP contribution in [0.15, 0.2) is 39.3 Å². The normalized spacial score (nSPS) is 21.6. The average Bonchev–Trinajstić information content (AvgIpc) is 3.66. The van der Waals surface area contributed by atoms with Crippen LogP contribution in [-0.4, -0.2) is 57.7 Å². The molecule has 4 N–H and O–H groups in total. The van der Waals surface area contributed by atoms with E-state index >= 15 is 0 Å². The Balaban J connectivity index is 1.17. The van der Waals surface area contributed by atoms with Gasteiger partial charge in [-0.3, -0.25) is 9.59 Å². The van der Waals surface area contributed by atoms with Crippen molar-refractivity contribution in [2.24, 2.45) is 11.8 Å². The Bertz CT molecular complexity index is 1270. The van der Waals surface area contributed by atoms with Gasteiger partial charge in [-0.25, -0.2) is 9.59 Å². The fourth-order valence-corrected chi connectivity index (χ4v) is 6.22. The first kappa shape index (κ1) is 24.8. The number of ketones is 1. The number of rotatable bonds is 5. The van der Waals surface area contributed by atoms with E-state index in [0.29, 0.717) is 64.8 Å². The fraction of sp³-hybridized carbons (Fsp3) is 0.360. The zero-order chi connectivity index (χ0) is 25.7. The number of nitrogens with one attached hydrogen (secondary N) is 1. The predicted molar refractivity (Wildman–Crippen MR) is 140 cm³/mol. The molecule has 2 aromatic carbocycles. The van der Waals surface area contributed by atoms with Crippen LogP contribution in [0.2, 0.25) is 0 Å². The molecule has 2 atom stereocenters. The number of benzene rings is 2. The van der Waals surface area contributed by atoms with Gasteiger partial charge in [0.2, 0.25) is 5.91 Å². The molecule has 0 radical (unpaired) electrons. The monoisotopic (exact) mass is 618 g/mol. The number of carboxylic acids is 1. The molecule has 1 aliphatic carbocycles. The zero-order valence-electron chi connectivity index (χ0n) is 19.2. The Morgan fingerprint density at radius 3 is 2.31 bits per heavy atom. The summed E-state index contributed by atoms with van der Waals surface area (Å²) in [4.78, 5) is 53.5. The van der Waals surface area contributed by atoms with Crippen LogP contribution < -0.4 is 11.1 Å². The Labute approximate surface area is 224 Å². The second-order valence-electron chi connectivity index (χ2n) is 9.46. The molecule has 188 valence electrons. The molecule has 11 heteroatoms. The molecule has 2 aliphatic heterocycles. The number of fused-ring (bicyclic) bond motifs is 1. The molecule has 3 amide bonds. The molecule has 2 heterocycles. The molecule has 9 nitrogen and oxygen atoms in total. The number of hydrogen-bond acceptors (Lipinski definition) is 5. The van der Waals surface area contributed by atoms with E-state index < -0.39 is 5.97 Å². The highest BCUT2D eigenvalue weighted by Crippen LogP contribution is 2.44. The van der Waals surface area contributed by atoms with Crippen molar-refractivity contribution in [3.63, 3.8) is 0 Å². The fourth-order valence-electron chi connectivity index (χ4n) is 5.03. The van der Waals surface area contributed by atoms with E-state index in [0.717, 1.165) is 5.56 Å². The van der Waals surface area contributed by atoms with Gasteiger partial charge in [-0.15, -0.1) is 0 Å². The first-order valence-corrected chi connectivity index (χ1v) is 13.2. The lowest BCUT2D eigenvalue weighted by atomic mass is 9.99. The standard InChI is InChI=1S/C25H24Br2N4O5/c26-18-7-14(8-19(27)21(18)28)22(32)16-10-17(16)23(33)30-5-3-15(4-6-30)31-11-13-2-1-12(24(34)35)9-20(13)29-25(31)36/h1-2,7-9,15-17H,3-6,10-11,28H2,(H,29,36)(H,34,35). The van der Waals surface area contributed by atoms with Crippen molar-refractivity contribution >= 4 is 66.9 Å². The molecule has 2 unspecified atom stereocenters. The number of Topliss-reactive ketones (excluding diaryl/α,β-unsaturated/α-hetero) is 1. The number of urea groups is 1. The molecule has 2 fully saturated rings. The zero-order valence-corrected chi connectivity index (χ0v) is 22.3. The lowest BCUT2D eigenvalue weighted by molar-refractivity contribution is -0.134. The van der Waals surface area contributed by atoms with Crippen molar-refractivity contribution in [1.82, 2.24) is 9.80 Å². The number of carboxylic acid groups (broad SMARTS) is 1. The molecule has 0 bridgehead atoms. The van der Waals surface area contributed by atoms with Crippen LogP contribution in [0.5, 0.6) is 0 Å². The van der Waals surface area contributed by atoms with Crippen LogP contribution in [0.1, 0.15) is 45.5 Å². The molecule has 3 aliphatic rings. The number of halogens is 2. The van der Waals surface area contributed by atoms with E-state index in [9.17, 15) is 24.3 Å². The topological polar surface area (TPSA) is 133 Å². The summed E-state index contributed by atoms with van der Waals surface area (Å²) in [5.74, 6) is -1.73. The van der Waals surface area contributed by atoms with Gasteiger partial charge in [0.1, 0.15) is 0 Å². The van der Waals surface area contributed by atoms with Gasteiger partial charge in [-0.2, -0.15) is 0 Å². The highest BCUT2D eigenvalue weighted by molar-refractivity contribution is 9.11. The lowest BCUT2D eigenvalue weighted by Crippen LogP contribution is -2.51. The maximum absolute atomic E-state index is 13.1. The average molecular weight is 620 g/mol. The number of carbonyl (C=O) groups excluding carboxylic acids is 3. The van der Waals surface area contributed by atoms with E-state index in [1.807, 2.05) is 0 Å². The Morgan fingerprint density at radius 2 is 1.67 bits per heavy atom. The number of aromatic carboxylic acids is 1. The van der Waals surface area contributed by atoms with Crippen LogP contribution >= 0.6 is 31.9 Å². The number of nitrogen functional groups attached to an aromatic ring is 1. The summed E-state index contributed by atoms with van der Waals surface area (Å²) in [5.41, 5.74) is 8.47. The van der Waals surface area contributed by atoms with Crippen LogP contribution in [0.25, 0.3) is 0 Å². The second kappa shape index (κ2) is 9.51. The summed E-state index contributed by atoms with van der Waals surface area (Å²) in [5, 5.41) is 12.0. The first-order valence-electron chi connectivity index (χ1n) is 11.7. The van der Waals surface area contributed by atoms with Crippen LogP contribution in [0, 0.1) is 11.8 Å². The van der Waals surface area contributed by atoms with Gasteiger partial charge in [-0.1, -0.05) is 6.07 Å². The van der Waals surface area contributed by atoms with Gasteiger partial charge in [0.15, 0.2) is 5.78 Å². The molecular weight excluding hydrogens is 596 g/mol. The van der Waals surface area contributed by atoms with Crippen LogP contribution in [-0.2, 0) is 11.3 Å². The van der Waals surface area contributed by atoms with E-state index in [-0.39, 0.29) is 41.2 Å². The number of amides is 3. The van der Waals surface area contributed by atoms with Gasteiger partial charge in [0.05, 0.1) is 11.3 Å².